The van der Waals surface area contributed by atoms with Crippen molar-refractivity contribution < 1.29 is 15.3 Å². The van der Waals surface area contributed by atoms with E-state index >= 15 is 0 Å². The van der Waals surface area contributed by atoms with E-state index in [9.17, 15) is 15.3 Å². The van der Waals surface area contributed by atoms with Crippen LogP contribution in [0.4, 0.5) is 0 Å². The molecule has 4 saturated carbocycles. The molecular weight excluding hydrogens is 348 g/mol. The Hall–Kier alpha value is -0.380. The van der Waals surface area contributed by atoms with Gasteiger partial charge in [-0.1, -0.05) is 26.8 Å². The highest BCUT2D eigenvalue weighted by molar-refractivity contribution is 5.26. The van der Waals surface area contributed by atoms with Crippen LogP contribution in [0.25, 0.3) is 0 Å². The van der Waals surface area contributed by atoms with E-state index in [0.717, 1.165) is 25.7 Å². The molecule has 0 aromatic heterocycles. The molecule has 160 valence electrons. The molecule has 0 aromatic carbocycles. The predicted octanol–water partition coefficient (Wildman–Crippen LogP) is 4.55. The van der Waals surface area contributed by atoms with Crippen LogP contribution in [0.3, 0.4) is 0 Å². The van der Waals surface area contributed by atoms with E-state index in [1.807, 2.05) is 0 Å². The molecule has 0 radical (unpaired) electrons. The van der Waals surface area contributed by atoms with E-state index < -0.39 is 0 Å². The molecule has 4 fully saturated rings. The van der Waals surface area contributed by atoms with Gasteiger partial charge in [0.25, 0.3) is 0 Å². The maximum absolute atomic E-state index is 11.6. The van der Waals surface area contributed by atoms with Crippen molar-refractivity contribution in [1.82, 2.24) is 0 Å². The van der Waals surface area contributed by atoms with Crippen molar-refractivity contribution in [2.45, 2.75) is 91.3 Å². The molecule has 0 heterocycles. The highest BCUT2D eigenvalue weighted by Gasteiger charge is 2.63. The first-order chi connectivity index (χ1) is 13.3. The molecule has 4 rings (SSSR count). The van der Waals surface area contributed by atoms with Crippen molar-refractivity contribution in [3.63, 3.8) is 0 Å². The number of fused-ring (bicyclic) bond motifs is 5. The van der Waals surface area contributed by atoms with Gasteiger partial charge in [-0.15, -0.1) is 0 Å². The number of hydrogen-bond acceptors (Lipinski definition) is 3. The number of allylic oxidation sites excluding steroid dienone is 1. The summed E-state index contributed by atoms with van der Waals surface area (Å²) in [6, 6.07) is 0. The Kier molecular flexibility index (Phi) is 5.51. The normalized spacial score (nSPS) is 53.4. The van der Waals surface area contributed by atoms with Gasteiger partial charge in [0.2, 0.25) is 0 Å². The smallest absolute Gasteiger partial charge is 0.0786 e. The Labute approximate surface area is 171 Å². The van der Waals surface area contributed by atoms with Crippen LogP contribution in [0.2, 0.25) is 0 Å². The second-order valence-corrected chi connectivity index (χ2v) is 11.2. The average molecular weight is 391 g/mol. The highest BCUT2D eigenvalue weighted by Crippen LogP contribution is 2.69. The molecule has 3 heteroatoms. The van der Waals surface area contributed by atoms with Gasteiger partial charge in [0.1, 0.15) is 0 Å². The Morgan fingerprint density at radius 3 is 2.39 bits per heavy atom. The van der Waals surface area contributed by atoms with E-state index in [2.05, 4.69) is 33.8 Å². The van der Waals surface area contributed by atoms with Crippen LogP contribution in [0.15, 0.2) is 11.6 Å². The summed E-state index contributed by atoms with van der Waals surface area (Å²) in [5, 5.41) is 31.5. The Morgan fingerprint density at radius 1 is 1.04 bits per heavy atom. The van der Waals surface area contributed by atoms with E-state index in [4.69, 9.17) is 0 Å². The molecule has 4 aliphatic rings. The zero-order chi connectivity index (χ0) is 20.3. The van der Waals surface area contributed by atoms with Crippen LogP contribution >= 0.6 is 0 Å². The van der Waals surface area contributed by atoms with Crippen LogP contribution in [0.1, 0.15) is 79.1 Å². The lowest BCUT2D eigenvalue weighted by Gasteiger charge is -2.63. The molecule has 4 aliphatic carbocycles. The van der Waals surface area contributed by atoms with Crippen molar-refractivity contribution in [2.24, 2.45) is 46.3 Å². The monoisotopic (exact) mass is 390 g/mol. The Morgan fingerprint density at radius 2 is 1.71 bits per heavy atom. The summed E-state index contributed by atoms with van der Waals surface area (Å²) in [6.07, 6.45) is 10.3. The third-order valence-corrected chi connectivity index (χ3v) is 10.3. The Bertz CT molecular complexity index is 615. The second kappa shape index (κ2) is 7.39. The topological polar surface area (TPSA) is 60.7 Å². The summed E-state index contributed by atoms with van der Waals surface area (Å²) >= 11 is 0. The minimum atomic E-state index is -0.338. The maximum atomic E-state index is 11.6. The first-order valence-electron chi connectivity index (χ1n) is 11.9. The van der Waals surface area contributed by atoms with Crippen LogP contribution in [0.5, 0.6) is 0 Å². The largest absolute Gasteiger partial charge is 0.396 e. The van der Waals surface area contributed by atoms with E-state index in [1.54, 1.807) is 0 Å². The molecule has 0 aromatic rings. The molecule has 0 saturated heterocycles. The highest BCUT2D eigenvalue weighted by atomic mass is 16.3. The van der Waals surface area contributed by atoms with E-state index in [0.29, 0.717) is 40.9 Å². The lowest BCUT2D eigenvalue weighted by Crippen LogP contribution is -2.59. The van der Waals surface area contributed by atoms with Gasteiger partial charge in [0, 0.05) is 6.61 Å². The number of aliphatic hydroxyl groups is 3. The fraction of sp³-hybridized carbons (Fsp3) is 0.920. The summed E-state index contributed by atoms with van der Waals surface area (Å²) in [7, 11) is 0. The second-order valence-electron chi connectivity index (χ2n) is 11.2. The quantitative estimate of drug-likeness (QED) is 0.620. The van der Waals surface area contributed by atoms with Gasteiger partial charge in [0.15, 0.2) is 0 Å². The summed E-state index contributed by atoms with van der Waals surface area (Å²) in [4.78, 5) is 0. The molecule has 0 bridgehead atoms. The summed E-state index contributed by atoms with van der Waals surface area (Å²) in [5.41, 5.74) is 1.74. The van der Waals surface area contributed by atoms with Crippen molar-refractivity contribution >= 4 is 0 Å². The third kappa shape index (κ3) is 2.87. The molecule has 10 atom stereocenters. The SMILES string of the molecule is C/C=C1/C2C[C@H](O)CC[C@]2(C)C2CC[C@@]3(C)C(CC[C@@H]3[C@H](C)CCO)C2[C@@H]1O. The summed E-state index contributed by atoms with van der Waals surface area (Å²) < 4.78 is 0. The van der Waals surface area contributed by atoms with E-state index in [1.165, 1.54) is 31.3 Å². The first kappa shape index (κ1) is 20.9. The summed E-state index contributed by atoms with van der Waals surface area (Å²) in [5.74, 6) is 3.11. The zero-order valence-electron chi connectivity index (χ0n) is 18.4. The third-order valence-electron chi connectivity index (χ3n) is 10.3. The van der Waals surface area contributed by atoms with Crippen LogP contribution in [-0.4, -0.2) is 34.1 Å². The van der Waals surface area contributed by atoms with Crippen molar-refractivity contribution in [3.8, 4) is 0 Å². The number of rotatable bonds is 3. The molecule has 0 aliphatic heterocycles. The van der Waals surface area contributed by atoms with Gasteiger partial charge >= 0.3 is 0 Å². The molecule has 28 heavy (non-hydrogen) atoms. The van der Waals surface area contributed by atoms with Crippen LogP contribution < -0.4 is 0 Å². The molecular formula is C25H42O3. The van der Waals surface area contributed by atoms with Crippen molar-refractivity contribution in [3.05, 3.63) is 11.6 Å². The van der Waals surface area contributed by atoms with Gasteiger partial charge < -0.3 is 15.3 Å². The lowest BCUT2D eigenvalue weighted by molar-refractivity contribution is -0.147. The predicted molar refractivity (Wildman–Crippen MR) is 113 cm³/mol. The molecule has 4 unspecified atom stereocenters. The number of hydrogen-bond donors (Lipinski definition) is 3. The minimum absolute atomic E-state index is 0.208. The zero-order valence-corrected chi connectivity index (χ0v) is 18.4. The minimum Gasteiger partial charge on any atom is -0.396 e. The fourth-order valence-electron chi connectivity index (χ4n) is 8.86. The van der Waals surface area contributed by atoms with Crippen molar-refractivity contribution in [2.75, 3.05) is 6.61 Å². The Balaban J connectivity index is 1.69. The van der Waals surface area contributed by atoms with E-state index in [-0.39, 0.29) is 24.2 Å². The van der Waals surface area contributed by atoms with Gasteiger partial charge in [-0.25, -0.2) is 0 Å². The first-order valence-corrected chi connectivity index (χ1v) is 11.9. The van der Waals surface area contributed by atoms with Gasteiger partial charge in [-0.3, -0.25) is 0 Å². The molecule has 3 N–H and O–H groups in total. The lowest BCUT2D eigenvalue weighted by atomic mass is 9.42. The van der Waals surface area contributed by atoms with Gasteiger partial charge in [-0.2, -0.15) is 0 Å². The average Bonchev–Trinajstić information content (AvgIpc) is 3.01. The molecule has 0 spiro atoms. The fourth-order valence-corrected chi connectivity index (χ4v) is 8.86. The van der Waals surface area contributed by atoms with Crippen LogP contribution in [-0.2, 0) is 0 Å². The maximum Gasteiger partial charge on any atom is 0.0786 e. The summed E-state index contributed by atoms with van der Waals surface area (Å²) in [6.45, 7) is 9.68. The van der Waals surface area contributed by atoms with Crippen LogP contribution in [0, 0.1) is 46.3 Å². The molecule has 3 nitrogen and oxygen atoms in total. The number of aliphatic hydroxyl groups excluding tert-OH is 3. The van der Waals surface area contributed by atoms with Gasteiger partial charge in [0.05, 0.1) is 12.2 Å². The van der Waals surface area contributed by atoms with Gasteiger partial charge in [-0.05, 0) is 110 Å². The standard InChI is InChI=1S/C25H42O3/c1-5-17-21-14-16(27)8-11-25(21,4)20-9-12-24(3)18(15(2)10-13-26)6-7-19(24)22(20)23(17)28/h5,15-16,18-23,26-28H,6-14H2,1-4H3/b17-5-/t15-,16-,18-,19?,20?,21?,22?,23-,24-,25-/m1/s1. The van der Waals surface area contributed by atoms with Crippen molar-refractivity contribution in [1.29, 1.82) is 0 Å². The molecule has 0 amide bonds.